The molecule has 1 heteroatoms. The van der Waals surface area contributed by atoms with Crippen molar-refractivity contribution in [2.45, 2.75) is 6.42 Å². The molecule has 0 aliphatic heterocycles. The average Bonchev–Trinajstić information content (AvgIpc) is 2.86. The van der Waals surface area contributed by atoms with E-state index < -0.39 is 0 Å². The Morgan fingerprint density at radius 3 is 2.40 bits per heavy atom. The number of benzene rings is 3. The Labute approximate surface area is 151 Å². The Balaban J connectivity index is 0.00000121. The van der Waals surface area contributed by atoms with E-state index in [1.807, 2.05) is 6.07 Å². The average molecular weight is 473 g/mol. The predicted molar refractivity (Wildman–Crippen MR) is 79.0 cm³/mol. The van der Waals surface area contributed by atoms with Gasteiger partial charge in [0.15, 0.2) is 0 Å². The summed E-state index contributed by atoms with van der Waals surface area (Å²) in [6.07, 6.45) is 1.05. The van der Waals surface area contributed by atoms with Gasteiger partial charge in [0.25, 0.3) is 0 Å². The SMILES string of the molecule is [Th].[c-]1ccc2c(c1)-c1cc(-c3ccccc3)ccc1C2. The largest absolute Gasteiger partial charge is 0.183 e. The first kappa shape index (κ1) is 13.9. The van der Waals surface area contributed by atoms with Gasteiger partial charge < -0.3 is 0 Å². The van der Waals surface area contributed by atoms with Gasteiger partial charge in [-0.1, -0.05) is 59.7 Å². The molecule has 0 fully saturated rings. The van der Waals surface area contributed by atoms with Crippen LogP contribution >= 0.6 is 0 Å². The van der Waals surface area contributed by atoms with Gasteiger partial charge in [-0.15, -0.1) is 11.1 Å². The first-order valence-corrected chi connectivity index (χ1v) is 6.59. The number of hydrogen-bond acceptors (Lipinski definition) is 0. The van der Waals surface area contributed by atoms with E-state index in [1.165, 1.54) is 33.4 Å². The molecule has 0 radical (unpaired) electrons. The van der Waals surface area contributed by atoms with E-state index in [0.29, 0.717) is 0 Å². The summed E-state index contributed by atoms with van der Waals surface area (Å²) >= 11 is 0. The van der Waals surface area contributed by atoms with Gasteiger partial charge >= 0.3 is 0 Å². The fraction of sp³-hybridized carbons (Fsp3) is 0.0526. The second-order valence-corrected chi connectivity index (χ2v) is 5.00. The van der Waals surface area contributed by atoms with Crippen LogP contribution in [0.3, 0.4) is 0 Å². The maximum atomic E-state index is 3.19. The molecule has 0 saturated heterocycles. The quantitative estimate of drug-likeness (QED) is 0.351. The van der Waals surface area contributed by atoms with Gasteiger partial charge in [-0.05, 0) is 17.5 Å². The van der Waals surface area contributed by atoms with Gasteiger partial charge in [0.2, 0.25) is 0 Å². The standard InChI is InChI=1S/C19H13.Th/c1-2-6-14(7-3-1)15-10-11-17-12-16-8-4-5-9-18(16)19(17)13-15;/h1-4,6-11,13H,12H2;/q-1;. The van der Waals surface area contributed by atoms with Crippen LogP contribution in [0.5, 0.6) is 0 Å². The monoisotopic (exact) mass is 473 g/mol. The van der Waals surface area contributed by atoms with Crippen molar-refractivity contribution >= 4 is 0 Å². The molecule has 1 aliphatic rings. The van der Waals surface area contributed by atoms with Crippen molar-refractivity contribution in [2.24, 2.45) is 0 Å². The summed E-state index contributed by atoms with van der Waals surface area (Å²) in [4.78, 5) is 0. The van der Waals surface area contributed by atoms with Crippen LogP contribution in [-0.2, 0) is 6.42 Å². The van der Waals surface area contributed by atoms with E-state index in [2.05, 4.69) is 66.7 Å². The van der Waals surface area contributed by atoms with E-state index in [4.69, 9.17) is 0 Å². The zero-order valence-electron chi connectivity index (χ0n) is 11.1. The minimum Gasteiger partial charge on any atom is -0.183 e. The fourth-order valence-electron chi connectivity index (χ4n) is 2.86. The van der Waals surface area contributed by atoms with Gasteiger partial charge in [-0.2, -0.15) is 24.3 Å². The van der Waals surface area contributed by atoms with Crippen molar-refractivity contribution in [2.75, 3.05) is 0 Å². The molecule has 0 unspecified atom stereocenters. The molecule has 3 aromatic rings. The Bertz CT molecular complexity index is 745. The van der Waals surface area contributed by atoms with Crippen LogP contribution in [0.25, 0.3) is 22.3 Å². The Morgan fingerprint density at radius 2 is 1.55 bits per heavy atom. The summed E-state index contributed by atoms with van der Waals surface area (Å²) in [7, 11) is 0. The first-order chi connectivity index (χ1) is 9.42. The molecule has 0 amide bonds. The summed E-state index contributed by atoms with van der Waals surface area (Å²) in [6.45, 7) is 0. The molecular formula is C19H13Th-. The normalized spacial score (nSPS) is 11.4. The third-order valence-electron chi connectivity index (χ3n) is 3.84. The Morgan fingerprint density at radius 1 is 0.750 bits per heavy atom. The van der Waals surface area contributed by atoms with Gasteiger partial charge in [0.05, 0.1) is 0 Å². The molecule has 0 heterocycles. The molecule has 3 aromatic carbocycles. The topological polar surface area (TPSA) is 0 Å². The molecule has 0 atom stereocenters. The second kappa shape index (κ2) is 5.77. The zero-order valence-corrected chi connectivity index (χ0v) is 15.2. The van der Waals surface area contributed by atoms with E-state index in [0.717, 1.165) is 6.42 Å². The first-order valence-electron chi connectivity index (χ1n) is 6.59. The summed E-state index contributed by atoms with van der Waals surface area (Å²) in [5.74, 6) is 0. The molecule has 20 heavy (non-hydrogen) atoms. The van der Waals surface area contributed by atoms with Crippen molar-refractivity contribution in [3.8, 4) is 22.3 Å². The summed E-state index contributed by atoms with van der Waals surface area (Å²) in [6, 6.07) is 26.8. The molecule has 4 rings (SSSR count). The van der Waals surface area contributed by atoms with Crippen LogP contribution < -0.4 is 0 Å². The van der Waals surface area contributed by atoms with Crippen LogP contribution in [0.2, 0.25) is 0 Å². The molecule has 0 bridgehead atoms. The van der Waals surface area contributed by atoms with E-state index in [9.17, 15) is 0 Å². The van der Waals surface area contributed by atoms with Gasteiger partial charge in [0, 0.05) is 39.9 Å². The van der Waals surface area contributed by atoms with Crippen molar-refractivity contribution in [3.63, 3.8) is 0 Å². The third-order valence-corrected chi connectivity index (χ3v) is 3.84. The third kappa shape index (κ3) is 2.35. The summed E-state index contributed by atoms with van der Waals surface area (Å²) < 4.78 is 0. The number of hydrogen-bond donors (Lipinski definition) is 0. The van der Waals surface area contributed by atoms with Crippen molar-refractivity contribution in [1.29, 1.82) is 0 Å². The predicted octanol–water partition coefficient (Wildman–Crippen LogP) is 4.72. The van der Waals surface area contributed by atoms with Gasteiger partial charge in [-0.3, -0.25) is 0 Å². The van der Waals surface area contributed by atoms with Gasteiger partial charge in [-0.25, -0.2) is 0 Å². The molecule has 94 valence electrons. The van der Waals surface area contributed by atoms with E-state index in [-0.39, 0.29) is 39.9 Å². The molecular weight excluding hydrogens is 460 g/mol. The molecule has 0 nitrogen and oxygen atoms in total. The van der Waals surface area contributed by atoms with Gasteiger partial charge in [0.1, 0.15) is 0 Å². The smallest absolute Gasteiger partial charge is 0 e. The molecule has 0 spiro atoms. The summed E-state index contributed by atoms with van der Waals surface area (Å²) in [5.41, 5.74) is 8.12. The van der Waals surface area contributed by atoms with Crippen molar-refractivity contribution < 1.29 is 39.9 Å². The molecule has 0 aromatic heterocycles. The van der Waals surface area contributed by atoms with Crippen LogP contribution in [0.15, 0.2) is 66.7 Å². The molecule has 0 N–H and O–H groups in total. The maximum Gasteiger partial charge on any atom is 0 e. The van der Waals surface area contributed by atoms with E-state index >= 15 is 0 Å². The number of fused-ring (bicyclic) bond motifs is 3. The second-order valence-electron chi connectivity index (χ2n) is 5.00. The van der Waals surface area contributed by atoms with Crippen molar-refractivity contribution in [1.82, 2.24) is 0 Å². The molecule has 0 saturated carbocycles. The van der Waals surface area contributed by atoms with Crippen LogP contribution in [0, 0.1) is 46.0 Å². The fourth-order valence-corrected chi connectivity index (χ4v) is 2.86. The summed E-state index contributed by atoms with van der Waals surface area (Å²) in [5, 5.41) is 0. The van der Waals surface area contributed by atoms with Crippen LogP contribution in [0.1, 0.15) is 11.1 Å². The number of rotatable bonds is 1. The maximum absolute atomic E-state index is 3.19. The van der Waals surface area contributed by atoms with Crippen molar-refractivity contribution in [3.05, 3.63) is 83.9 Å². The Hall–Kier alpha value is -1.02. The zero-order chi connectivity index (χ0) is 12.7. The Kier molecular flexibility index (Phi) is 4.02. The van der Waals surface area contributed by atoms with Crippen LogP contribution in [0.4, 0.5) is 0 Å². The minimum atomic E-state index is 0. The van der Waals surface area contributed by atoms with E-state index in [1.54, 1.807) is 0 Å². The molecule has 1 aliphatic carbocycles. The van der Waals surface area contributed by atoms with Crippen LogP contribution in [-0.4, -0.2) is 0 Å². The minimum absolute atomic E-state index is 0.